The van der Waals surface area contributed by atoms with E-state index >= 15 is 0 Å². The minimum Gasteiger partial charge on any atom is -0.545 e. The molecule has 1 amide bonds. The van der Waals surface area contributed by atoms with Crippen molar-refractivity contribution in [1.29, 1.82) is 0 Å². The maximum Gasteiger partial charge on any atom is 0.435 e. The van der Waals surface area contributed by atoms with Gasteiger partial charge in [-0.05, 0) is 57.8 Å². The molecule has 0 aromatic rings. The number of rotatable bonds is 2. The highest BCUT2D eigenvalue weighted by Crippen LogP contribution is 2.42. The molecule has 2 atom stereocenters. The second kappa shape index (κ2) is 5.81. The zero-order valence-corrected chi connectivity index (χ0v) is 16.7. The second-order valence-corrected chi connectivity index (χ2v) is 13.7. The molecule has 6 heteroatoms. The standard InChI is InChI=1S/C17H31NO4Si/c1-16(2,3)20-15(19)18-13-10-9-12(21-18)11-14(13)22-23(7,8)17(4,5)6/h11-13H,9-10H2,1-8H3/t12-,13+/m1/s1. The predicted molar refractivity (Wildman–Crippen MR) is 92.3 cm³/mol. The SMILES string of the molecule is CC(C)(C)OC(=O)N1O[C@H]2C=C(O[Si](C)(C)C(C)(C)C)[C@@H]1CC2. The lowest BCUT2D eigenvalue weighted by atomic mass is 9.96. The van der Waals surface area contributed by atoms with Crippen molar-refractivity contribution in [1.82, 2.24) is 5.06 Å². The zero-order valence-electron chi connectivity index (χ0n) is 15.7. The molecule has 3 aliphatic rings. The number of hydrogen-bond donors (Lipinski definition) is 0. The summed E-state index contributed by atoms with van der Waals surface area (Å²) in [6.07, 6.45) is 3.26. The molecule has 2 bridgehead atoms. The Hall–Kier alpha value is -1.01. The molecule has 0 saturated carbocycles. The number of carbonyl (C=O) groups excluding carboxylic acids is 1. The summed E-state index contributed by atoms with van der Waals surface area (Å²) in [5, 5.41) is 1.49. The van der Waals surface area contributed by atoms with Crippen molar-refractivity contribution in [3.05, 3.63) is 11.8 Å². The van der Waals surface area contributed by atoms with Gasteiger partial charge in [0, 0.05) is 0 Å². The number of hydroxylamine groups is 2. The molecule has 2 heterocycles. The molecule has 23 heavy (non-hydrogen) atoms. The summed E-state index contributed by atoms with van der Waals surface area (Å²) in [4.78, 5) is 18.2. The fourth-order valence-electron chi connectivity index (χ4n) is 2.40. The minimum absolute atomic E-state index is 0.104. The van der Waals surface area contributed by atoms with Crippen LogP contribution in [0.3, 0.4) is 0 Å². The Balaban J connectivity index is 2.16. The normalized spacial score (nSPS) is 25.2. The Morgan fingerprint density at radius 1 is 1.22 bits per heavy atom. The second-order valence-electron chi connectivity index (χ2n) is 8.97. The van der Waals surface area contributed by atoms with Crippen LogP contribution in [0.1, 0.15) is 54.4 Å². The van der Waals surface area contributed by atoms with Crippen molar-refractivity contribution in [3.63, 3.8) is 0 Å². The van der Waals surface area contributed by atoms with Crippen LogP contribution in [0.4, 0.5) is 4.79 Å². The molecule has 3 rings (SSSR count). The lowest BCUT2D eigenvalue weighted by Crippen LogP contribution is -2.54. The number of nitrogens with zero attached hydrogens (tertiary/aromatic N) is 1. The largest absolute Gasteiger partial charge is 0.545 e. The van der Waals surface area contributed by atoms with Gasteiger partial charge in [0.05, 0.1) is 0 Å². The van der Waals surface area contributed by atoms with Gasteiger partial charge < -0.3 is 9.16 Å². The monoisotopic (exact) mass is 341 g/mol. The first-order valence-electron chi connectivity index (χ1n) is 8.40. The quantitative estimate of drug-likeness (QED) is 0.688. The van der Waals surface area contributed by atoms with Crippen LogP contribution in [-0.2, 0) is 14.0 Å². The molecule has 1 aliphatic carbocycles. The van der Waals surface area contributed by atoms with Gasteiger partial charge in [-0.3, -0.25) is 4.84 Å². The molecule has 1 saturated heterocycles. The first-order chi connectivity index (χ1) is 10.3. The summed E-state index contributed by atoms with van der Waals surface area (Å²) < 4.78 is 11.9. The van der Waals surface area contributed by atoms with E-state index in [9.17, 15) is 4.79 Å². The van der Waals surface area contributed by atoms with Crippen molar-refractivity contribution in [2.24, 2.45) is 0 Å². The third kappa shape index (κ3) is 4.09. The fourth-order valence-corrected chi connectivity index (χ4v) is 3.50. The smallest absolute Gasteiger partial charge is 0.435 e. The molecule has 132 valence electrons. The van der Waals surface area contributed by atoms with Gasteiger partial charge in [-0.15, -0.1) is 0 Å². The first kappa shape index (κ1) is 18.3. The highest BCUT2D eigenvalue weighted by molar-refractivity contribution is 6.74. The Kier molecular flexibility index (Phi) is 4.63. The maximum absolute atomic E-state index is 12.4. The molecule has 0 spiro atoms. The van der Waals surface area contributed by atoms with Crippen LogP contribution in [0.5, 0.6) is 0 Å². The molecule has 1 fully saturated rings. The van der Waals surface area contributed by atoms with Crippen LogP contribution >= 0.6 is 0 Å². The molecule has 5 nitrogen and oxygen atoms in total. The van der Waals surface area contributed by atoms with E-state index < -0.39 is 20.0 Å². The molecular weight excluding hydrogens is 310 g/mol. The van der Waals surface area contributed by atoms with Crippen molar-refractivity contribution < 1.29 is 18.8 Å². The number of ether oxygens (including phenoxy) is 1. The Morgan fingerprint density at radius 3 is 2.30 bits per heavy atom. The predicted octanol–water partition coefficient (Wildman–Crippen LogP) is 4.61. The van der Waals surface area contributed by atoms with Crippen LogP contribution in [-0.4, -0.2) is 37.2 Å². The van der Waals surface area contributed by atoms with Crippen LogP contribution in [0.25, 0.3) is 0 Å². The average Bonchev–Trinajstić information content (AvgIpc) is 2.35. The minimum atomic E-state index is -1.94. The highest BCUT2D eigenvalue weighted by Gasteiger charge is 2.46. The van der Waals surface area contributed by atoms with Gasteiger partial charge in [0.1, 0.15) is 23.5 Å². The number of hydrogen-bond acceptors (Lipinski definition) is 4. The van der Waals surface area contributed by atoms with E-state index in [1.54, 1.807) is 0 Å². The number of amides is 1. The van der Waals surface area contributed by atoms with Crippen molar-refractivity contribution in [2.75, 3.05) is 0 Å². The Morgan fingerprint density at radius 2 is 1.83 bits per heavy atom. The van der Waals surface area contributed by atoms with Crippen molar-refractivity contribution >= 4 is 14.4 Å². The van der Waals surface area contributed by atoms with E-state index in [0.717, 1.165) is 18.6 Å². The first-order valence-corrected chi connectivity index (χ1v) is 11.3. The van der Waals surface area contributed by atoms with Crippen molar-refractivity contribution in [3.8, 4) is 0 Å². The molecule has 0 unspecified atom stereocenters. The maximum atomic E-state index is 12.4. The van der Waals surface area contributed by atoms with Gasteiger partial charge in [-0.25, -0.2) is 4.79 Å². The highest BCUT2D eigenvalue weighted by atomic mass is 28.4. The van der Waals surface area contributed by atoms with Crippen LogP contribution in [0, 0.1) is 0 Å². The van der Waals surface area contributed by atoms with E-state index in [1.165, 1.54) is 5.06 Å². The lowest BCUT2D eigenvalue weighted by molar-refractivity contribution is -0.223. The van der Waals surface area contributed by atoms with Gasteiger partial charge in [0.25, 0.3) is 0 Å². The molecule has 0 radical (unpaired) electrons. The summed E-state index contributed by atoms with van der Waals surface area (Å²) in [6.45, 7) is 16.6. The van der Waals surface area contributed by atoms with Crippen molar-refractivity contribution in [2.45, 2.75) is 90.3 Å². The summed E-state index contributed by atoms with van der Waals surface area (Å²) in [5.41, 5.74) is -0.540. The molecule has 2 aliphatic heterocycles. The zero-order chi connectivity index (χ0) is 17.6. The van der Waals surface area contributed by atoms with E-state index in [1.807, 2.05) is 26.8 Å². The van der Waals surface area contributed by atoms with Gasteiger partial charge >= 0.3 is 6.09 Å². The van der Waals surface area contributed by atoms with Crippen LogP contribution < -0.4 is 0 Å². The average molecular weight is 342 g/mol. The van der Waals surface area contributed by atoms with E-state index in [0.29, 0.717) is 0 Å². The van der Waals surface area contributed by atoms with Gasteiger partial charge in [-0.2, -0.15) is 5.06 Å². The lowest BCUT2D eigenvalue weighted by Gasteiger charge is -2.46. The van der Waals surface area contributed by atoms with Crippen LogP contribution in [0.2, 0.25) is 18.1 Å². The summed E-state index contributed by atoms with van der Waals surface area (Å²) in [5.74, 6) is 0.880. The topological polar surface area (TPSA) is 48.0 Å². The molecule has 0 aromatic heterocycles. The van der Waals surface area contributed by atoms with Gasteiger partial charge in [0.2, 0.25) is 8.32 Å². The third-order valence-corrected chi connectivity index (χ3v) is 9.05. The fraction of sp³-hybridized carbons (Fsp3) is 0.824. The van der Waals surface area contributed by atoms with E-state index in [-0.39, 0.29) is 17.2 Å². The van der Waals surface area contributed by atoms with Crippen LogP contribution in [0.15, 0.2) is 11.8 Å². The summed E-state index contributed by atoms with van der Waals surface area (Å²) >= 11 is 0. The van der Waals surface area contributed by atoms with Gasteiger partial charge in [-0.1, -0.05) is 20.8 Å². The Labute approximate surface area is 141 Å². The summed E-state index contributed by atoms with van der Waals surface area (Å²) in [7, 11) is -1.94. The van der Waals surface area contributed by atoms with Gasteiger partial charge in [0.15, 0.2) is 0 Å². The molecular formula is C17H31NO4Si. The number of fused-ring (bicyclic) bond motifs is 2. The van der Waals surface area contributed by atoms with E-state index in [2.05, 4.69) is 33.9 Å². The number of carbonyl (C=O) groups is 1. The summed E-state index contributed by atoms with van der Waals surface area (Å²) in [6, 6.07) is -0.177. The molecule has 0 aromatic carbocycles. The Bertz CT molecular complexity index is 502. The third-order valence-electron chi connectivity index (χ3n) is 4.69. The molecule has 0 N–H and O–H groups in total. The van der Waals surface area contributed by atoms with E-state index in [4.69, 9.17) is 14.0 Å².